The number of anilines is 1. The molecule has 0 aromatic heterocycles. The van der Waals surface area contributed by atoms with E-state index in [-0.39, 0.29) is 6.61 Å². The number of amides is 1. The van der Waals surface area contributed by atoms with E-state index in [0.29, 0.717) is 5.69 Å². The number of hydrogen-bond acceptors (Lipinski definition) is 3. The first-order valence-corrected chi connectivity index (χ1v) is 5.07. The molecule has 0 aliphatic rings. The number of ether oxygens (including phenoxy) is 1. The van der Waals surface area contributed by atoms with Crippen LogP contribution in [0, 0.1) is 6.92 Å². The monoisotopic (exact) mass is 221 g/mol. The zero-order valence-corrected chi connectivity index (χ0v) is 9.69. The molecule has 1 aromatic carbocycles. The molecule has 0 spiro atoms. The smallest absolute Gasteiger partial charge is 0.397 e. The van der Waals surface area contributed by atoms with Gasteiger partial charge in [-0.2, -0.15) is 0 Å². The summed E-state index contributed by atoms with van der Waals surface area (Å²) in [5.41, 5.74) is 1.71. The van der Waals surface area contributed by atoms with Crippen molar-refractivity contribution in [3.8, 4) is 0 Å². The number of benzene rings is 1. The van der Waals surface area contributed by atoms with Crippen molar-refractivity contribution in [2.24, 2.45) is 0 Å². The summed E-state index contributed by atoms with van der Waals surface area (Å²) in [5.74, 6) is -1.49. The summed E-state index contributed by atoms with van der Waals surface area (Å²) in [6.45, 7) is 3.79. The molecule has 0 heterocycles. The topological polar surface area (TPSA) is 46.6 Å². The summed E-state index contributed by atoms with van der Waals surface area (Å²) in [6.07, 6.45) is 0. The summed E-state index contributed by atoms with van der Waals surface area (Å²) < 4.78 is 4.65. The van der Waals surface area contributed by atoms with Crippen LogP contribution < -0.4 is 4.90 Å². The maximum absolute atomic E-state index is 11.6. The molecule has 1 aromatic rings. The minimum Gasteiger partial charge on any atom is -0.459 e. The molecule has 16 heavy (non-hydrogen) atoms. The highest BCUT2D eigenvalue weighted by atomic mass is 16.5. The minimum atomic E-state index is -0.827. The third-order valence-corrected chi connectivity index (χ3v) is 2.14. The Morgan fingerprint density at radius 2 is 2.06 bits per heavy atom. The van der Waals surface area contributed by atoms with Crippen LogP contribution in [0.2, 0.25) is 0 Å². The van der Waals surface area contributed by atoms with Gasteiger partial charge in [0.25, 0.3) is 0 Å². The van der Waals surface area contributed by atoms with Gasteiger partial charge in [0.1, 0.15) is 0 Å². The molecule has 0 atom stereocenters. The van der Waals surface area contributed by atoms with Crippen molar-refractivity contribution in [2.45, 2.75) is 13.8 Å². The Balaban J connectivity index is 2.82. The Hall–Kier alpha value is -1.84. The number of hydrogen-bond donors (Lipinski definition) is 0. The van der Waals surface area contributed by atoms with Crippen LogP contribution in [0.3, 0.4) is 0 Å². The first-order chi connectivity index (χ1) is 7.56. The molecule has 1 amide bonds. The van der Waals surface area contributed by atoms with E-state index in [1.807, 2.05) is 25.1 Å². The Bertz CT molecular complexity index is 401. The molecule has 0 fully saturated rings. The van der Waals surface area contributed by atoms with Crippen molar-refractivity contribution in [3.05, 3.63) is 29.8 Å². The van der Waals surface area contributed by atoms with Crippen molar-refractivity contribution in [3.63, 3.8) is 0 Å². The molecule has 0 aliphatic carbocycles. The highest BCUT2D eigenvalue weighted by Crippen LogP contribution is 2.14. The van der Waals surface area contributed by atoms with Gasteiger partial charge in [-0.25, -0.2) is 4.79 Å². The summed E-state index contributed by atoms with van der Waals surface area (Å²) in [4.78, 5) is 24.1. The largest absolute Gasteiger partial charge is 0.459 e. The van der Waals surface area contributed by atoms with Crippen LogP contribution in [0.25, 0.3) is 0 Å². The van der Waals surface area contributed by atoms with Crippen molar-refractivity contribution >= 4 is 17.6 Å². The van der Waals surface area contributed by atoms with Gasteiger partial charge < -0.3 is 9.64 Å². The number of nitrogens with zero attached hydrogens (tertiary/aromatic N) is 1. The van der Waals surface area contributed by atoms with Gasteiger partial charge in [-0.1, -0.05) is 12.1 Å². The van der Waals surface area contributed by atoms with Gasteiger partial charge in [-0.15, -0.1) is 0 Å². The highest BCUT2D eigenvalue weighted by molar-refractivity contribution is 6.37. The molecule has 0 bridgehead atoms. The molecule has 1 rings (SSSR count). The number of carbonyl (C=O) groups is 2. The highest BCUT2D eigenvalue weighted by Gasteiger charge is 2.20. The standard InChI is InChI=1S/C12H15NO3/c1-4-16-12(15)11(14)13(3)10-7-5-6-9(2)8-10/h5-8H,4H2,1-3H3. The molecule has 0 N–H and O–H groups in total. The number of aryl methyl sites for hydroxylation is 1. The van der Waals surface area contributed by atoms with Gasteiger partial charge in [0.15, 0.2) is 0 Å². The average molecular weight is 221 g/mol. The lowest BCUT2D eigenvalue weighted by molar-refractivity contribution is -0.153. The van der Waals surface area contributed by atoms with Gasteiger partial charge in [0.2, 0.25) is 0 Å². The lowest BCUT2D eigenvalue weighted by Crippen LogP contribution is -2.34. The molecule has 0 aliphatic heterocycles. The predicted octanol–water partition coefficient (Wildman–Crippen LogP) is 1.52. The minimum absolute atomic E-state index is 0.201. The van der Waals surface area contributed by atoms with Crippen LogP contribution in [0.15, 0.2) is 24.3 Å². The fraction of sp³-hybridized carbons (Fsp3) is 0.333. The Morgan fingerprint density at radius 1 is 1.38 bits per heavy atom. The second-order valence-electron chi connectivity index (χ2n) is 3.42. The lowest BCUT2D eigenvalue weighted by Gasteiger charge is -2.16. The first-order valence-electron chi connectivity index (χ1n) is 5.07. The van der Waals surface area contributed by atoms with E-state index in [1.165, 1.54) is 4.90 Å². The van der Waals surface area contributed by atoms with Crippen LogP contribution in [-0.4, -0.2) is 25.5 Å². The number of likely N-dealkylation sites (N-methyl/N-ethyl adjacent to an activating group) is 1. The van der Waals surface area contributed by atoms with E-state index < -0.39 is 11.9 Å². The Morgan fingerprint density at radius 3 is 2.62 bits per heavy atom. The molecule has 0 saturated carbocycles. The van der Waals surface area contributed by atoms with Gasteiger partial charge in [-0.05, 0) is 31.5 Å². The van der Waals surface area contributed by atoms with Gasteiger partial charge >= 0.3 is 11.9 Å². The van der Waals surface area contributed by atoms with Crippen LogP contribution >= 0.6 is 0 Å². The zero-order valence-electron chi connectivity index (χ0n) is 9.69. The molecular formula is C12H15NO3. The molecule has 4 nitrogen and oxygen atoms in total. The fourth-order valence-corrected chi connectivity index (χ4v) is 1.28. The lowest BCUT2D eigenvalue weighted by atomic mass is 10.2. The quantitative estimate of drug-likeness (QED) is 0.562. The summed E-state index contributed by atoms with van der Waals surface area (Å²) in [5, 5.41) is 0. The molecule has 86 valence electrons. The normalized spacial score (nSPS) is 9.69. The van der Waals surface area contributed by atoms with Crippen LogP contribution in [0.5, 0.6) is 0 Å². The number of carbonyl (C=O) groups excluding carboxylic acids is 2. The predicted molar refractivity (Wildman–Crippen MR) is 61.2 cm³/mol. The van der Waals surface area contributed by atoms with E-state index in [1.54, 1.807) is 20.0 Å². The van der Waals surface area contributed by atoms with Crippen LogP contribution in [0.4, 0.5) is 5.69 Å². The molecule has 0 unspecified atom stereocenters. The number of esters is 1. The van der Waals surface area contributed by atoms with Gasteiger partial charge in [0, 0.05) is 12.7 Å². The van der Waals surface area contributed by atoms with Crippen molar-refractivity contribution in [1.82, 2.24) is 0 Å². The third kappa shape index (κ3) is 2.82. The average Bonchev–Trinajstić information content (AvgIpc) is 2.27. The number of rotatable bonds is 2. The molecule has 4 heteroatoms. The maximum atomic E-state index is 11.6. The summed E-state index contributed by atoms with van der Waals surface area (Å²) in [6, 6.07) is 7.35. The second kappa shape index (κ2) is 5.30. The fourth-order valence-electron chi connectivity index (χ4n) is 1.28. The van der Waals surface area contributed by atoms with E-state index in [0.717, 1.165) is 5.56 Å². The van der Waals surface area contributed by atoms with Gasteiger partial charge in [-0.3, -0.25) is 4.79 Å². The summed E-state index contributed by atoms with van der Waals surface area (Å²) in [7, 11) is 1.55. The molecule has 0 saturated heterocycles. The van der Waals surface area contributed by atoms with Crippen LogP contribution in [-0.2, 0) is 14.3 Å². The van der Waals surface area contributed by atoms with Crippen molar-refractivity contribution in [2.75, 3.05) is 18.6 Å². The SMILES string of the molecule is CCOC(=O)C(=O)N(C)c1cccc(C)c1. The van der Waals surface area contributed by atoms with Crippen LogP contribution in [0.1, 0.15) is 12.5 Å². The van der Waals surface area contributed by atoms with E-state index in [2.05, 4.69) is 4.74 Å². The van der Waals surface area contributed by atoms with E-state index in [4.69, 9.17) is 0 Å². The maximum Gasteiger partial charge on any atom is 0.397 e. The van der Waals surface area contributed by atoms with E-state index in [9.17, 15) is 9.59 Å². The second-order valence-corrected chi connectivity index (χ2v) is 3.42. The Kier molecular flexibility index (Phi) is 4.05. The van der Waals surface area contributed by atoms with Crippen molar-refractivity contribution in [1.29, 1.82) is 0 Å². The third-order valence-electron chi connectivity index (χ3n) is 2.14. The molecular weight excluding hydrogens is 206 g/mol. The van der Waals surface area contributed by atoms with Crippen molar-refractivity contribution < 1.29 is 14.3 Å². The zero-order chi connectivity index (χ0) is 12.1. The van der Waals surface area contributed by atoms with Gasteiger partial charge in [0.05, 0.1) is 6.61 Å². The first kappa shape index (κ1) is 12.2. The molecule has 0 radical (unpaired) electrons. The van der Waals surface area contributed by atoms with E-state index >= 15 is 0 Å². The Labute approximate surface area is 94.8 Å². The summed E-state index contributed by atoms with van der Waals surface area (Å²) >= 11 is 0.